The van der Waals surface area contributed by atoms with Crippen LogP contribution in [0, 0.1) is 5.92 Å². The van der Waals surface area contributed by atoms with Gasteiger partial charge in [-0.2, -0.15) is 0 Å². The summed E-state index contributed by atoms with van der Waals surface area (Å²) in [6.45, 7) is 3.53. The first-order valence-corrected chi connectivity index (χ1v) is 5.91. The number of carbonyl (C=O) groups is 2. The number of amides is 1. The van der Waals surface area contributed by atoms with Crippen molar-refractivity contribution in [3.05, 3.63) is 30.1 Å². The first kappa shape index (κ1) is 14.2. The van der Waals surface area contributed by atoms with Crippen LogP contribution in [0.5, 0.6) is 0 Å². The number of aromatic nitrogens is 1. The van der Waals surface area contributed by atoms with Crippen molar-refractivity contribution < 1.29 is 14.7 Å². The number of carboxylic acid groups (broad SMARTS) is 1. The van der Waals surface area contributed by atoms with Gasteiger partial charge >= 0.3 is 5.97 Å². The predicted molar refractivity (Wildman–Crippen MR) is 67.0 cm³/mol. The van der Waals surface area contributed by atoms with Crippen molar-refractivity contribution >= 4 is 11.9 Å². The molecule has 1 heterocycles. The second kappa shape index (κ2) is 6.74. The van der Waals surface area contributed by atoms with E-state index in [1.807, 2.05) is 6.07 Å². The highest BCUT2D eigenvalue weighted by Gasteiger charge is 2.22. The molecule has 5 nitrogen and oxygen atoms in total. The average Bonchev–Trinajstić information content (AvgIpc) is 2.34. The summed E-state index contributed by atoms with van der Waals surface area (Å²) >= 11 is 0. The molecule has 1 aromatic rings. The van der Waals surface area contributed by atoms with Crippen LogP contribution < -0.4 is 5.32 Å². The first-order chi connectivity index (χ1) is 8.50. The van der Waals surface area contributed by atoms with E-state index in [2.05, 4.69) is 10.3 Å². The molecule has 0 radical (unpaired) electrons. The molecule has 2 N–H and O–H groups in total. The summed E-state index contributed by atoms with van der Waals surface area (Å²) < 4.78 is 0. The fourth-order valence-electron chi connectivity index (χ4n) is 1.56. The van der Waals surface area contributed by atoms with Gasteiger partial charge in [0, 0.05) is 18.8 Å². The van der Waals surface area contributed by atoms with Crippen LogP contribution in [0.3, 0.4) is 0 Å². The lowest BCUT2D eigenvalue weighted by molar-refractivity contribution is -0.143. The Labute approximate surface area is 106 Å². The van der Waals surface area contributed by atoms with Crippen molar-refractivity contribution in [2.75, 3.05) is 0 Å². The number of rotatable bonds is 6. The van der Waals surface area contributed by atoms with E-state index in [0.717, 1.165) is 5.56 Å². The molecular weight excluding hydrogens is 232 g/mol. The third kappa shape index (κ3) is 4.53. The quantitative estimate of drug-likeness (QED) is 0.796. The van der Waals surface area contributed by atoms with Gasteiger partial charge in [0.05, 0.1) is 0 Å². The van der Waals surface area contributed by atoms with Gasteiger partial charge in [0.1, 0.15) is 6.04 Å². The molecule has 1 atom stereocenters. The molecule has 18 heavy (non-hydrogen) atoms. The number of aryl methyl sites for hydroxylation is 1. The molecule has 0 aromatic carbocycles. The third-order valence-corrected chi connectivity index (χ3v) is 2.61. The second-order valence-corrected chi connectivity index (χ2v) is 4.49. The molecule has 0 unspecified atom stereocenters. The zero-order chi connectivity index (χ0) is 13.5. The normalized spacial score (nSPS) is 12.2. The van der Waals surface area contributed by atoms with Crippen molar-refractivity contribution in [1.82, 2.24) is 10.3 Å². The maximum atomic E-state index is 11.6. The van der Waals surface area contributed by atoms with Gasteiger partial charge in [-0.1, -0.05) is 19.9 Å². The summed E-state index contributed by atoms with van der Waals surface area (Å²) in [4.78, 5) is 26.5. The highest BCUT2D eigenvalue weighted by atomic mass is 16.4. The minimum Gasteiger partial charge on any atom is -0.480 e. The molecule has 98 valence electrons. The molecule has 0 saturated carbocycles. The topological polar surface area (TPSA) is 79.3 Å². The molecule has 0 saturated heterocycles. The molecular formula is C13H18N2O3. The Balaban J connectivity index is 2.44. The maximum absolute atomic E-state index is 11.6. The van der Waals surface area contributed by atoms with Gasteiger partial charge < -0.3 is 10.4 Å². The summed E-state index contributed by atoms with van der Waals surface area (Å²) in [5.74, 6) is -1.38. The lowest BCUT2D eigenvalue weighted by Gasteiger charge is -2.17. The van der Waals surface area contributed by atoms with Gasteiger partial charge in [0.15, 0.2) is 0 Å². The molecule has 1 rings (SSSR count). The highest BCUT2D eigenvalue weighted by molar-refractivity contribution is 5.83. The smallest absolute Gasteiger partial charge is 0.326 e. The summed E-state index contributed by atoms with van der Waals surface area (Å²) in [7, 11) is 0. The zero-order valence-corrected chi connectivity index (χ0v) is 10.6. The lowest BCUT2D eigenvalue weighted by Crippen LogP contribution is -2.44. The molecule has 0 aliphatic carbocycles. The van der Waals surface area contributed by atoms with Crippen molar-refractivity contribution in [2.45, 2.75) is 32.7 Å². The zero-order valence-electron chi connectivity index (χ0n) is 10.6. The Bertz CT molecular complexity index is 404. The highest BCUT2D eigenvalue weighted by Crippen LogP contribution is 2.04. The molecule has 1 aromatic heterocycles. The first-order valence-electron chi connectivity index (χ1n) is 5.91. The van der Waals surface area contributed by atoms with Crippen molar-refractivity contribution in [1.29, 1.82) is 0 Å². The van der Waals surface area contributed by atoms with Crippen molar-refractivity contribution in [3.8, 4) is 0 Å². The Morgan fingerprint density at radius 3 is 2.67 bits per heavy atom. The van der Waals surface area contributed by atoms with Crippen LogP contribution in [0.1, 0.15) is 25.8 Å². The minimum atomic E-state index is -1.00. The summed E-state index contributed by atoms with van der Waals surface area (Å²) in [5, 5.41) is 11.5. The molecule has 0 bridgehead atoms. The lowest BCUT2D eigenvalue weighted by atomic mass is 10.0. The standard InChI is InChI=1S/C13H18N2O3/c1-9(2)12(13(17)18)15-11(16)6-5-10-4-3-7-14-8-10/h3-4,7-9,12H,5-6H2,1-2H3,(H,15,16)(H,17,18)/t12-/m1/s1. The fraction of sp³-hybridized carbons (Fsp3) is 0.462. The number of carbonyl (C=O) groups excluding carboxylic acids is 1. The van der Waals surface area contributed by atoms with Crippen LogP contribution in [0.15, 0.2) is 24.5 Å². The van der Waals surface area contributed by atoms with E-state index < -0.39 is 12.0 Å². The monoisotopic (exact) mass is 250 g/mol. The summed E-state index contributed by atoms with van der Waals surface area (Å²) in [6.07, 6.45) is 4.19. The molecule has 0 spiro atoms. The predicted octanol–water partition coefficient (Wildman–Crippen LogP) is 1.24. The van der Waals surface area contributed by atoms with E-state index in [9.17, 15) is 9.59 Å². The number of pyridine rings is 1. The number of hydrogen-bond donors (Lipinski definition) is 2. The van der Waals surface area contributed by atoms with Crippen LogP contribution in [-0.4, -0.2) is 28.0 Å². The third-order valence-electron chi connectivity index (χ3n) is 2.61. The Morgan fingerprint density at radius 2 is 2.17 bits per heavy atom. The van der Waals surface area contributed by atoms with Gasteiger partial charge in [0.25, 0.3) is 0 Å². The van der Waals surface area contributed by atoms with E-state index in [4.69, 9.17) is 5.11 Å². The Hall–Kier alpha value is -1.91. The van der Waals surface area contributed by atoms with E-state index >= 15 is 0 Å². The van der Waals surface area contributed by atoms with Crippen molar-refractivity contribution in [2.24, 2.45) is 5.92 Å². The number of carboxylic acids is 1. The van der Waals surface area contributed by atoms with Gasteiger partial charge in [0.2, 0.25) is 5.91 Å². The van der Waals surface area contributed by atoms with Gasteiger partial charge in [-0.15, -0.1) is 0 Å². The number of hydrogen-bond acceptors (Lipinski definition) is 3. The van der Waals surface area contributed by atoms with Crippen LogP contribution >= 0.6 is 0 Å². The summed E-state index contributed by atoms with van der Waals surface area (Å²) in [6, 6.07) is 2.87. The van der Waals surface area contributed by atoms with E-state index in [0.29, 0.717) is 6.42 Å². The van der Waals surface area contributed by atoms with E-state index in [1.165, 1.54) is 0 Å². The molecule has 1 amide bonds. The molecule has 5 heteroatoms. The second-order valence-electron chi connectivity index (χ2n) is 4.49. The SMILES string of the molecule is CC(C)[C@@H](NC(=O)CCc1cccnc1)C(=O)O. The Kier molecular flexibility index (Phi) is 5.30. The summed E-state index contributed by atoms with van der Waals surface area (Å²) in [5.41, 5.74) is 0.962. The van der Waals surface area contributed by atoms with Crippen LogP contribution in [0.2, 0.25) is 0 Å². The van der Waals surface area contributed by atoms with Crippen LogP contribution in [0.4, 0.5) is 0 Å². The van der Waals surface area contributed by atoms with Crippen LogP contribution in [-0.2, 0) is 16.0 Å². The molecule has 0 fully saturated rings. The minimum absolute atomic E-state index is 0.134. The molecule has 0 aliphatic heterocycles. The van der Waals surface area contributed by atoms with E-state index in [-0.39, 0.29) is 18.2 Å². The van der Waals surface area contributed by atoms with E-state index in [1.54, 1.807) is 32.3 Å². The van der Waals surface area contributed by atoms with Gasteiger partial charge in [-0.05, 0) is 24.0 Å². The largest absolute Gasteiger partial charge is 0.480 e. The molecule has 0 aliphatic rings. The number of aliphatic carboxylic acids is 1. The van der Waals surface area contributed by atoms with Gasteiger partial charge in [-0.25, -0.2) is 4.79 Å². The maximum Gasteiger partial charge on any atom is 0.326 e. The van der Waals surface area contributed by atoms with Crippen molar-refractivity contribution in [3.63, 3.8) is 0 Å². The average molecular weight is 250 g/mol. The number of nitrogens with zero attached hydrogens (tertiary/aromatic N) is 1. The number of nitrogens with one attached hydrogen (secondary N) is 1. The fourth-order valence-corrected chi connectivity index (χ4v) is 1.56. The van der Waals surface area contributed by atoms with Gasteiger partial charge in [-0.3, -0.25) is 9.78 Å². The van der Waals surface area contributed by atoms with Crippen LogP contribution in [0.25, 0.3) is 0 Å². The Morgan fingerprint density at radius 1 is 1.44 bits per heavy atom.